The number of aryl methyl sites for hydroxylation is 1. The van der Waals surface area contributed by atoms with Crippen molar-refractivity contribution < 1.29 is 24.2 Å². The molecule has 0 bridgehead atoms. The van der Waals surface area contributed by atoms with Crippen LogP contribution in [0.15, 0.2) is 66.7 Å². The summed E-state index contributed by atoms with van der Waals surface area (Å²) in [5, 5.41) is 27.0. The van der Waals surface area contributed by atoms with E-state index in [1.54, 1.807) is 17.0 Å². The summed E-state index contributed by atoms with van der Waals surface area (Å²) in [6, 6.07) is 19.8. The summed E-state index contributed by atoms with van der Waals surface area (Å²) in [6.45, 7) is 3.67. The first-order valence-electron chi connectivity index (χ1n) is 13.8. The number of carbonyl (C=O) groups excluding carboxylic acids is 1. The van der Waals surface area contributed by atoms with Crippen LogP contribution in [-0.4, -0.2) is 53.8 Å². The molecule has 4 rings (SSSR count). The van der Waals surface area contributed by atoms with E-state index in [-0.39, 0.29) is 24.8 Å². The highest BCUT2D eigenvalue weighted by Crippen LogP contribution is 2.44. The van der Waals surface area contributed by atoms with Crippen LogP contribution in [0.5, 0.6) is 0 Å². The van der Waals surface area contributed by atoms with Crippen molar-refractivity contribution in [3.63, 3.8) is 0 Å². The Bertz CT molecular complexity index is 1330. The average molecular weight is 548 g/mol. The fourth-order valence-electron chi connectivity index (χ4n) is 5.79. The van der Waals surface area contributed by atoms with Crippen molar-refractivity contribution in [3.8, 4) is 11.1 Å². The van der Waals surface area contributed by atoms with Gasteiger partial charge in [-0.05, 0) is 74.5 Å². The Hall–Kier alpha value is -3.75. The predicted octanol–water partition coefficient (Wildman–Crippen LogP) is 5.31. The number of hydrogen-bond donors (Lipinski definition) is 4. The van der Waals surface area contributed by atoms with Crippen LogP contribution in [-0.2, 0) is 12.1 Å². The highest BCUT2D eigenvalue weighted by molar-refractivity contribution is 5.94. The van der Waals surface area contributed by atoms with Gasteiger partial charge < -0.3 is 25.7 Å². The summed E-state index contributed by atoms with van der Waals surface area (Å²) in [7, 11) is 1.87. The van der Waals surface area contributed by atoms with E-state index in [2.05, 4.69) is 10.6 Å². The number of carbonyl (C=O) groups is 2. The SMILES string of the molecule is CNCc1ccc(C(=O)N2CCC[C@@H](C(O)(CCCNC(=O)O)c3cccc(F)c3-c3cccc(C)c3)C2)cc1. The zero-order valence-electron chi connectivity index (χ0n) is 23.1. The van der Waals surface area contributed by atoms with E-state index in [9.17, 15) is 14.7 Å². The van der Waals surface area contributed by atoms with Crippen molar-refractivity contribution in [2.75, 3.05) is 26.7 Å². The number of carboxylic acid groups (broad SMARTS) is 1. The van der Waals surface area contributed by atoms with E-state index < -0.39 is 17.5 Å². The lowest BCUT2D eigenvalue weighted by Gasteiger charge is -2.43. The van der Waals surface area contributed by atoms with Gasteiger partial charge in [-0.3, -0.25) is 4.79 Å². The lowest BCUT2D eigenvalue weighted by Crippen LogP contribution is -2.48. The van der Waals surface area contributed by atoms with Gasteiger partial charge >= 0.3 is 6.09 Å². The van der Waals surface area contributed by atoms with Crippen molar-refractivity contribution in [1.82, 2.24) is 15.5 Å². The maximum Gasteiger partial charge on any atom is 0.404 e. The molecule has 1 aliphatic heterocycles. The molecule has 2 amide bonds. The number of halogens is 1. The summed E-state index contributed by atoms with van der Waals surface area (Å²) >= 11 is 0. The molecule has 1 fully saturated rings. The van der Waals surface area contributed by atoms with Crippen LogP contribution < -0.4 is 10.6 Å². The molecule has 2 atom stereocenters. The van der Waals surface area contributed by atoms with Gasteiger partial charge in [0.05, 0.1) is 5.60 Å². The summed E-state index contributed by atoms with van der Waals surface area (Å²) in [6.07, 6.45) is 0.770. The van der Waals surface area contributed by atoms with Crippen LogP contribution in [0.2, 0.25) is 0 Å². The Kier molecular flexibility index (Phi) is 9.55. The molecule has 0 saturated carbocycles. The first kappa shape index (κ1) is 29.2. The Morgan fingerprint density at radius 2 is 1.85 bits per heavy atom. The van der Waals surface area contributed by atoms with Crippen LogP contribution in [0, 0.1) is 18.7 Å². The molecular formula is C32H38FN3O4. The second-order valence-corrected chi connectivity index (χ2v) is 10.6. The zero-order chi connectivity index (χ0) is 28.7. The Labute approximate surface area is 235 Å². The third-order valence-electron chi connectivity index (χ3n) is 7.76. The number of piperidine rings is 1. The second-order valence-electron chi connectivity index (χ2n) is 10.6. The summed E-state index contributed by atoms with van der Waals surface area (Å²) in [5.41, 5.74) is 2.61. The molecule has 0 spiro atoms. The van der Waals surface area contributed by atoms with Crippen molar-refractivity contribution in [1.29, 1.82) is 0 Å². The smallest absolute Gasteiger partial charge is 0.404 e. The largest absolute Gasteiger partial charge is 0.465 e. The Balaban J connectivity index is 1.68. The molecule has 1 saturated heterocycles. The number of hydrogen-bond acceptors (Lipinski definition) is 4. The highest BCUT2D eigenvalue weighted by atomic mass is 19.1. The molecule has 1 aliphatic rings. The van der Waals surface area contributed by atoms with Gasteiger partial charge in [0, 0.05) is 43.2 Å². The summed E-state index contributed by atoms with van der Waals surface area (Å²) in [5.74, 6) is -0.909. The molecule has 7 nitrogen and oxygen atoms in total. The molecule has 4 N–H and O–H groups in total. The van der Waals surface area contributed by atoms with E-state index >= 15 is 4.39 Å². The van der Waals surface area contributed by atoms with Gasteiger partial charge in [-0.1, -0.05) is 54.1 Å². The Morgan fingerprint density at radius 3 is 2.55 bits per heavy atom. The minimum Gasteiger partial charge on any atom is -0.465 e. The van der Waals surface area contributed by atoms with Crippen LogP contribution in [0.3, 0.4) is 0 Å². The highest BCUT2D eigenvalue weighted by Gasteiger charge is 2.43. The van der Waals surface area contributed by atoms with Crippen LogP contribution in [0.25, 0.3) is 11.1 Å². The number of benzene rings is 3. The molecule has 1 unspecified atom stereocenters. The number of nitrogens with zero attached hydrogens (tertiary/aromatic N) is 1. The number of aliphatic hydroxyl groups is 1. The summed E-state index contributed by atoms with van der Waals surface area (Å²) in [4.78, 5) is 26.3. The van der Waals surface area contributed by atoms with Gasteiger partial charge in [0.2, 0.25) is 0 Å². The van der Waals surface area contributed by atoms with E-state index in [1.807, 2.05) is 62.5 Å². The predicted molar refractivity (Wildman–Crippen MR) is 154 cm³/mol. The normalized spacial score (nSPS) is 16.8. The summed E-state index contributed by atoms with van der Waals surface area (Å²) < 4.78 is 15.5. The molecule has 212 valence electrons. The Morgan fingerprint density at radius 1 is 1.10 bits per heavy atom. The lowest BCUT2D eigenvalue weighted by atomic mass is 9.72. The molecule has 40 heavy (non-hydrogen) atoms. The number of amides is 2. The maximum atomic E-state index is 15.5. The lowest BCUT2D eigenvalue weighted by molar-refractivity contribution is -0.0564. The minimum absolute atomic E-state index is 0.103. The van der Waals surface area contributed by atoms with Gasteiger partial charge in [0.15, 0.2) is 0 Å². The van der Waals surface area contributed by atoms with Gasteiger partial charge in [-0.2, -0.15) is 0 Å². The number of likely N-dealkylation sites (tertiary alicyclic amines) is 1. The fraction of sp³-hybridized carbons (Fsp3) is 0.375. The average Bonchev–Trinajstić information content (AvgIpc) is 2.95. The van der Waals surface area contributed by atoms with Crippen LogP contribution >= 0.6 is 0 Å². The third kappa shape index (κ3) is 6.69. The van der Waals surface area contributed by atoms with Gasteiger partial charge in [0.25, 0.3) is 5.91 Å². The molecule has 1 heterocycles. The quantitative estimate of drug-likeness (QED) is 0.258. The topological polar surface area (TPSA) is 102 Å². The molecular weight excluding hydrogens is 509 g/mol. The first-order valence-corrected chi connectivity index (χ1v) is 13.8. The second kappa shape index (κ2) is 13.1. The van der Waals surface area contributed by atoms with Gasteiger partial charge in [0.1, 0.15) is 5.82 Å². The fourth-order valence-corrected chi connectivity index (χ4v) is 5.79. The number of rotatable bonds is 10. The molecule has 0 aliphatic carbocycles. The monoisotopic (exact) mass is 547 g/mol. The van der Waals surface area contributed by atoms with Gasteiger partial charge in [-0.15, -0.1) is 0 Å². The van der Waals surface area contributed by atoms with E-state index in [1.165, 1.54) is 6.07 Å². The molecule has 3 aromatic rings. The molecule has 3 aromatic carbocycles. The molecule has 0 radical (unpaired) electrons. The third-order valence-corrected chi connectivity index (χ3v) is 7.76. The van der Waals surface area contributed by atoms with Gasteiger partial charge in [-0.25, -0.2) is 9.18 Å². The standard InChI is InChI=1S/C32H38FN3O4/c1-22-7-3-8-25(19-22)29-27(10-4-11-28(29)33)32(40,16-6-17-35-31(38)39)26-9-5-18-36(21-26)30(37)24-14-12-23(13-15-24)20-34-2/h3-4,7-8,10-15,19,26,34-35,40H,5-6,9,16-18,20-21H2,1-2H3,(H,38,39)/t26-,32?/m1/s1. The minimum atomic E-state index is -1.49. The number of nitrogens with one attached hydrogen (secondary N) is 2. The zero-order valence-corrected chi connectivity index (χ0v) is 23.1. The maximum absolute atomic E-state index is 15.5. The van der Waals surface area contributed by atoms with E-state index in [4.69, 9.17) is 5.11 Å². The van der Waals surface area contributed by atoms with E-state index in [0.29, 0.717) is 61.2 Å². The van der Waals surface area contributed by atoms with Crippen LogP contribution in [0.4, 0.5) is 9.18 Å². The van der Waals surface area contributed by atoms with E-state index in [0.717, 1.165) is 11.1 Å². The van der Waals surface area contributed by atoms with Crippen molar-refractivity contribution in [3.05, 3.63) is 94.8 Å². The van der Waals surface area contributed by atoms with Crippen molar-refractivity contribution in [2.45, 2.75) is 44.8 Å². The first-order chi connectivity index (χ1) is 19.2. The molecule has 8 heteroatoms. The molecule has 0 aromatic heterocycles. The van der Waals surface area contributed by atoms with Crippen LogP contribution in [0.1, 0.15) is 52.7 Å². The van der Waals surface area contributed by atoms with Crippen molar-refractivity contribution >= 4 is 12.0 Å². The van der Waals surface area contributed by atoms with Crippen molar-refractivity contribution in [2.24, 2.45) is 5.92 Å².